The Balaban J connectivity index is 1.84. The van der Waals surface area contributed by atoms with Gasteiger partial charge in [-0.25, -0.2) is 4.79 Å². The molecule has 0 aromatic heterocycles. The Hall–Kier alpha value is -2.75. The van der Waals surface area contributed by atoms with Crippen LogP contribution in [0.3, 0.4) is 0 Å². The third-order valence-corrected chi connectivity index (χ3v) is 3.10. The molecule has 2 rings (SSSR count). The van der Waals surface area contributed by atoms with Crippen molar-refractivity contribution in [3.63, 3.8) is 0 Å². The molecule has 4 heteroatoms. The van der Waals surface area contributed by atoms with E-state index in [9.17, 15) is 4.79 Å². The second-order valence-corrected chi connectivity index (χ2v) is 4.95. The minimum absolute atomic E-state index is 0.231. The first-order valence-corrected chi connectivity index (χ1v) is 7.37. The summed E-state index contributed by atoms with van der Waals surface area (Å²) in [5, 5.41) is 0. The molecular formula is C19H20O4. The molecule has 23 heavy (non-hydrogen) atoms. The van der Waals surface area contributed by atoms with Crippen LogP contribution in [0, 0.1) is 0 Å². The number of hydrogen-bond donors (Lipinski definition) is 0. The van der Waals surface area contributed by atoms with E-state index < -0.39 is 5.97 Å². The van der Waals surface area contributed by atoms with Crippen LogP contribution in [-0.4, -0.2) is 19.2 Å². The second-order valence-electron chi connectivity index (χ2n) is 4.95. The van der Waals surface area contributed by atoms with E-state index in [1.54, 1.807) is 6.08 Å². The first kappa shape index (κ1) is 16.6. The quantitative estimate of drug-likeness (QED) is 0.577. The van der Waals surface area contributed by atoms with Gasteiger partial charge in [-0.15, -0.1) is 0 Å². The smallest absolute Gasteiger partial charge is 0.330 e. The van der Waals surface area contributed by atoms with Crippen molar-refractivity contribution in [2.75, 3.05) is 7.11 Å². The molecule has 0 amide bonds. The molecule has 0 aliphatic heterocycles. The van der Waals surface area contributed by atoms with E-state index >= 15 is 0 Å². The zero-order chi connectivity index (χ0) is 16.5. The molecule has 1 unspecified atom stereocenters. The van der Waals surface area contributed by atoms with E-state index in [0.717, 1.165) is 11.3 Å². The number of esters is 1. The third kappa shape index (κ3) is 5.87. The summed E-state index contributed by atoms with van der Waals surface area (Å²) in [6, 6.07) is 17.4. The van der Waals surface area contributed by atoms with Gasteiger partial charge >= 0.3 is 5.97 Å². The van der Waals surface area contributed by atoms with Gasteiger partial charge in [0.05, 0.1) is 7.11 Å². The van der Waals surface area contributed by atoms with Crippen LogP contribution in [0.5, 0.6) is 11.5 Å². The van der Waals surface area contributed by atoms with Crippen LogP contribution in [0.25, 0.3) is 0 Å². The maximum atomic E-state index is 11.0. The Labute approximate surface area is 136 Å². The zero-order valence-corrected chi connectivity index (χ0v) is 13.3. The molecule has 0 saturated heterocycles. The normalized spacial score (nSPS) is 11.9. The standard InChI is InChI=1S/C19H20O4/c1-15(8-13-19(20)21-2)23-18-11-9-17(10-12-18)22-14-16-6-4-3-5-7-16/h3-13,15H,14H2,1-2H3. The second kappa shape index (κ2) is 8.63. The summed E-state index contributed by atoms with van der Waals surface area (Å²) in [7, 11) is 1.34. The number of hydrogen-bond acceptors (Lipinski definition) is 4. The Morgan fingerprint density at radius 3 is 2.35 bits per heavy atom. The lowest BCUT2D eigenvalue weighted by atomic mass is 10.2. The Morgan fingerprint density at radius 1 is 1.04 bits per heavy atom. The number of carbonyl (C=O) groups excluding carboxylic acids is 1. The molecule has 0 bridgehead atoms. The van der Waals surface area contributed by atoms with Crippen molar-refractivity contribution in [3.8, 4) is 11.5 Å². The summed E-state index contributed by atoms with van der Waals surface area (Å²) in [6.07, 6.45) is 2.76. The average Bonchev–Trinajstić information content (AvgIpc) is 2.60. The Morgan fingerprint density at radius 2 is 1.70 bits per heavy atom. The van der Waals surface area contributed by atoms with Crippen molar-refractivity contribution in [3.05, 3.63) is 72.3 Å². The van der Waals surface area contributed by atoms with E-state index in [0.29, 0.717) is 12.4 Å². The van der Waals surface area contributed by atoms with Gasteiger partial charge in [-0.2, -0.15) is 0 Å². The van der Waals surface area contributed by atoms with Gasteiger partial charge in [0.25, 0.3) is 0 Å². The fourth-order valence-corrected chi connectivity index (χ4v) is 1.89. The fraction of sp³-hybridized carbons (Fsp3) is 0.211. The third-order valence-electron chi connectivity index (χ3n) is 3.10. The number of methoxy groups -OCH3 is 1. The Kier molecular flexibility index (Phi) is 6.24. The van der Waals surface area contributed by atoms with Gasteiger partial charge in [0.2, 0.25) is 0 Å². The summed E-state index contributed by atoms with van der Waals surface area (Å²) < 4.78 is 15.9. The number of ether oxygens (including phenoxy) is 3. The van der Waals surface area contributed by atoms with E-state index in [-0.39, 0.29) is 6.10 Å². The summed E-state index contributed by atoms with van der Waals surface area (Å²) >= 11 is 0. The molecule has 0 aliphatic carbocycles. The molecule has 2 aromatic carbocycles. The van der Waals surface area contributed by atoms with E-state index in [1.165, 1.54) is 13.2 Å². The predicted octanol–water partition coefficient (Wildman–Crippen LogP) is 3.76. The molecule has 2 aromatic rings. The molecule has 1 atom stereocenters. The van der Waals surface area contributed by atoms with Gasteiger partial charge in [-0.05, 0) is 42.8 Å². The summed E-state index contributed by atoms with van der Waals surface area (Å²) in [5.41, 5.74) is 1.12. The lowest BCUT2D eigenvalue weighted by Gasteiger charge is -2.12. The maximum Gasteiger partial charge on any atom is 0.330 e. The van der Waals surface area contributed by atoms with Gasteiger partial charge < -0.3 is 14.2 Å². The van der Waals surface area contributed by atoms with Crippen molar-refractivity contribution in [2.45, 2.75) is 19.6 Å². The van der Waals surface area contributed by atoms with Crippen LogP contribution in [0.4, 0.5) is 0 Å². The highest BCUT2D eigenvalue weighted by Crippen LogP contribution is 2.19. The van der Waals surface area contributed by atoms with Gasteiger partial charge in [0.1, 0.15) is 24.2 Å². The lowest BCUT2D eigenvalue weighted by Crippen LogP contribution is -2.09. The van der Waals surface area contributed by atoms with E-state index in [2.05, 4.69) is 4.74 Å². The van der Waals surface area contributed by atoms with Crippen LogP contribution >= 0.6 is 0 Å². The summed E-state index contributed by atoms with van der Waals surface area (Å²) in [4.78, 5) is 11.0. The minimum atomic E-state index is -0.398. The molecule has 0 saturated carbocycles. The first-order chi connectivity index (χ1) is 11.2. The fourth-order valence-electron chi connectivity index (χ4n) is 1.89. The highest BCUT2D eigenvalue weighted by Gasteiger charge is 2.02. The predicted molar refractivity (Wildman–Crippen MR) is 88.5 cm³/mol. The van der Waals surface area contributed by atoms with Crippen molar-refractivity contribution in [2.24, 2.45) is 0 Å². The van der Waals surface area contributed by atoms with Crippen LogP contribution in [0.2, 0.25) is 0 Å². The summed E-state index contributed by atoms with van der Waals surface area (Å²) in [5.74, 6) is 1.09. The lowest BCUT2D eigenvalue weighted by molar-refractivity contribution is -0.134. The number of rotatable bonds is 7. The monoisotopic (exact) mass is 312 g/mol. The van der Waals surface area contributed by atoms with Gasteiger partial charge in [-0.3, -0.25) is 0 Å². The van der Waals surface area contributed by atoms with Crippen molar-refractivity contribution >= 4 is 5.97 Å². The van der Waals surface area contributed by atoms with Crippen molar-refractivity contribution < 1.29 is 19.0 Å². The first-order valence-electron chi connectivity index (χ1n) is 7.37. The molecule has 0 spiro atoms. The maximum absolute atomic E-state index is 11.0. The van der Waals surface area contributed by atoms with Crippen LogP contribution in [-0.2, 0) is 16.1 Å². The minimum Gasteiger partial charge on any atom is -0.489 e. The highest BCUT2D eigenvalue weighted by molar-refractivity contribution is 5.81. The van der Waals surface area contributed by atoms with Crippen molar-refractivity contribution in [1.82, 2.24) is 0 Å². The molecular weight excluding hydrogens is 292 g/mol. The highest BCUT2D eigenvalue weighted by atomic mass is 16.5. The van der Waals surface area contributed by atoms with Gasteiger partial charge in [0, 0.05) is 6.08 Å². The largest absolute Gasteiger partial charge is 0.489 e. The molecule has 0 heterocycles. The molecule has 0 fully saturated rings. The van der Waals surface area contributed by atoms with Crippen molar-refractivity contribution in [1.29, 1.82) is 0 Å². The zero-order valence-electron chi connectivity index (χ0n) is 13.3. The SMILES string of the molecule is COC(=O)C=CC(C)Oc1ccc(OCc2ccccc2)cc1. The van der Waals surface area contributed by atoms with E-state index in [1.807, 2.05) is 61.5 Å². The van der Waals surface area contributed by atoms with Crippen LogP contribution < -0.4 is 9.47 Å². The number of carbonyl (C=O) groups is 1. The average molecular weight is 312 g/mol. The van der Waals surface area contributed by atoms with Gasteiger partial charge in [-0.1, -0.05) is 30.3 Å². The van der Waals surface area contributed by atoms with Gasteiger partial charge in [0.15, 0.2) is 0 Å². The molecule has 4 nitrogen and oxygen atoms in total. The molecule has 120 valence electrons. The Bertz CT molecular complexity index is 632. The topological polar surface area (TPSA) is 44.8 Å². The van der Waals surface area contributed by atoms with E-state index in [4.69, 9.17) is 9.47 Å². The van der Waals surface area contributed by atoms with Crippen LogP contribution in [0.1, 0.15) is 12.5 Å². The summed E-state index contributed by atoms with van der Waals surface area (Å²) in [6.45, 7) is 2.37. The molecule has 0 N–H and O–H groups in total. The molecule has 0 aliphatic rings. The molecule has 0 radical (unpaired) electrons. The van der Waals surface area contributed by atoms with Crippen LogP contribution in [0.15, 0.2) is 66.7 Å². The number of benzene rings is 2.